The predicted octanol–water partition coefficient (Wildman–Crippen LogP) is 4.64. The van der Waals surface area contributed by atoms with Crippen molar-refractivity contribution in [1.29, 1.82) is 0 Å². The van der Waals surface area contributed by atoms with Crippen molar-refractivity contribution in [2.75, 3.05) is 19.8 Å². The summed E-state index contributed by atoms with van der Waals surface area (Å²) in [5.41, 5.74) is -0.265. The van der Waals surface area contributed by atoms with Crippen LogP contribution in [0.1, 0.15) is 85.5 Å². The normalized spacial score (nSPS) is 12.6. The van der Waals surface area contributed by atoms with Gasteiger partial charge < -0.3 is 14.9 Å². The summed E-state index contributed by atoms with van der Waals surface area (Å²) in [4.78, 5) is 11.0. The van der Waals surface area contributed by atoms with Crippen LogP contribution in [0.2, 0.25) is 0 Å². The highest BCUT2D eigenvalue weighted by Gasteiger charge is 2.25. The zero-order valence-corrected chi connectivity index (χ0v) is 15.7. The van der Waals surface area contributed by atoms with Crippen molar-refractivity contribution in [2.24, 2.45) is 10.8 Å². The number of aliphatic carboxylic acids is 1. The fourth-order valence-electron chi connectivity index (χ4n) is 2.63. The summed E-state index contributed by atoms with van der Waals surface area (Å²) in [6, 6.07) is 0. The molecule has 0 rings (SSSR count). The third-order valence-corrected chi connectivity index (χ3v) is 4.57. The summed E-state index contributed by atoms with van der Waals surface area (Å²) in [6.45, 7) is 9.99. The molecule has 0 aliphatic carbocycles. The Bertz CT molecular complexity index is 310. The number of carboxylic acids is 1. The van der Waals surface area contributed by atoms with E-state index in [0.717, 1.165) is 45.3 Å². The maximum absolute atomic E-state index is 11.0. The average Bonchev–Trinajstić information content (AvgIpc) is 2.45. The molecule has 0 saturated carbocycles. The number of carbonyl (C=O) groups is 1. The fraction of sp³-hybridized carbons (Fsp3) is 0.947. The van der Waals surface area contributed by atoms with Crippen molar-refractivity contribution in [3.05, 3.63) is 0 Å². The SMILES string of the molecule is CC(C)(CCCCO)CCCCOCCCCC(C)(C)C(=O)O. The van der Waals surface area contributed by atoms with Gasteiger partial charge in [0.2, 0.25) is 0 Å². The Morgan fingerprint density at radius 1 is 0.826 bits per heavy atom. The zero-order valence-electron chi connectivity index (χ0n) is 15.7. The highest BCUT2D eigenvalue weighted by molar-refractivity contribution is 5.73. The summed E-state index contributed by atoms with van der Waals surface area (Å²) < 4.78 is 5.64. The molecule has 4 nitrogen and oxygen atoms in total. The molecule has 0 aliphatic rings. The summed E-state index contributed by atoms with van der Waals surface area (Å²) in [5, 5.41) is 17.9. The van der Waals surface area contributed by atoms with Gasteiger partial charge in [-0.05, 0) is 57.8 Å². The Hall–Kier alpha value is -0.610. The van der Waals surface area contributed by atoms with Crippen LogP contribution >= 0.6 is 0 Å². The molecule has 0 amide bonds. The van der Waals surface area contributed by atoms with Crippen LogP contribution in [0, 0.1) is 10.8 Å². The molecule has 4 heteroatoms. The molecule has 2 N–H and O–H groups in total. The summed E-state index contributed by atoms with van der Waals surface area (Å²) in [7, 11) is 0. The third kappa shape index (κ3) is 12.5. The second-order valence-corrected chi connectivity index (χ2v) is 8.06. The van der Waals surface area contributed by atoms with Gasteiger partial charge in [-0.25, -0.2) is 0 Å². The lowest BCUT2D eigenvalue weighted by Crippen LogP contribution is -2.23. The number of rotatable bonds is 15. The van der Waals surface area contributed by atoms with E-state index in [1.54, 1.807) is 13.8 Å². The van der Waals surface area contributed by atoms with Gasteiger partial charge in [0.25, 0.3) is 0 Å². The van der Waals surface area contributed by atoms with Gasteiger partial charge in [-0.1, -0.05) is 33.1 Å². The Labute approximate surface area is 142 Å². The molecule has 138 valence electrons. The van der Waals surface area contributed by atoms with Crippen LogP contribution in [0.4, 0.5) is 0 Å². The van der Waals surface area contributed by atoms with Crippen LogP contribution < -0.4 is 0 Å². The van der Waals surface area contributed by atoms with Crippen LogP contribution in [0.3, 0.4) is 0 Å². The van der Waals surface area contributed by atoms with Crippen LogP contribution in [0.15, 0.2) is 0 Å². The number of carboxylic acid groups (broad SMARTS) is 1. The first-order valence-corrected chi connectivity index (χ1v) is 9.13. The second-order valence-electron chi connectivity index (χ2n) is 8.06. The third-order valence-electron chi connectivity index (χ3n) is 4.57. The van der Waals surface area contributed by atoms with Crippen molar-refractivity contribution in [3.8, 4) is 0 Å². The van der Waals surface area contributed by atoms with Gasteiger partial charge in [-0.2, -0.15) is 0 Å². The van der Waals surface area contributed by atoms with Gasteiger partial charge in [0.15, 0.2) is 0 Å². The van der Waals surface area contributed by atoms with E-state index in [2.05, 4.69) is 13.8 Å². The van der Waals surface area contributed by atoms with Gasteiger partial charge in [0, 0.05) is 19.8 Å². The van der Waals surface area contributed by atoms with Crippen molar-refractivity contribution < 1.29 is 19.7 Å². The van der Waals surface area contributed by atoms with Gasteiger partial charge in [-0.15, -0.1) is 0 Å². The Morgan fingerprint density at radius 2 is 1.30 bits per heavy atom. The standard InChI is InChI=1S/C19H38O4/c1-18(2,11-5-8-14-20)12-6-9-15-23-16-10-7-13-19(3,4)17(21)22/h20H,5-16H2,1-4H3,(H,21,22). The second kappa shape index (κ2) is 11.9. The summed E-state index contributed by atoms with van der Waals surface area (Å²) in [5.74, 6) is -0.722. The molecule has 0 aromatic rings. The minimum Gasteiger partial charge on any atom is -0.481 e. The molecule has 0 spiro atoms. The molecule has 23 heavy (non-hydrogen) atoms. The largest absolute Gasteiger partial charge is 0.481 e. The summed E-state index contributed by atoms with van der Waals surface area (Å²) >= 11 is 0. The first-order chi connectivity index (χ1) is 10.7. The Morgan fingerprint density at radius 3 is 1.78 bits per heavy atom. The molecule has 0 aromatic carbocycles. The van der Waals surface area contributed by atoms with Crippen LogP contribution in [0.25, 0.3) is 0 Å². The van der Waals surface area contributed by atoms with E-state index in [1.807, 2.05) is 0 Å². The van der Waals surface area contributed by atoms with Gasteiger partial charge >= 0.3 is 5.97 Å². The Balaban J connectivity index is 3.48. The lowest BCUT2D eigenvalue weighted by atomic mass is 9.82. The topological polar surface area (TPSA) is 66.8 Å². The van der Waals surface area contributed by atoms with Crippen molar-refractivity contribution >= 4 is 5.97 Å². The molecule has 0 fully saturated rings. The lowest BCUT2D eigenvalue weighted by Gasteiger charge is -2.24. The minimum atomic E-state index is -0.722. The molecule has 0 heterocycles. The smallest absolute Gasteiger partial charge is 0.309 e. The molecule has 0 aliphatic heterocycles. The Kier molecular flexibility index (Phi) is 11.5. The molecule has 0 bridgehead atoms. The highest BCUT2D eigenvalue weighted by atomic mass is 16.5. The molecule has 0 unspecified atom stereocenters. The predicted molar refractivity (Wildman–Crippen MR) is 94.7 cm³/mol. The fourth-order valence-corrected chi connectivity index (χ4v) is 2.63. The average molecular weight is 331 g/mol. The van der Waals surface area contributed by atoms with Crippen LogP contribution in [-0.2, 0) is 9.53 Å². The van der Waals surface area contributed by atoms with Gasteiger partial charge in [0.05, 0.1) is 5.41 Å². The highest BCUT2D eigenvalue weighted by Crippen LogP contribution is 2.29. The van der Waals surface area contributed by atoms with Crippen molar-refractivity contribution in [1.82, 2.24) is 0 Å². The van der Waals surface area contributed by atoms with Gasteiger partial charge in [-0.3, -0.25) is 4.79 Å². The van der Waals surface area contributed by atoms with Gasteiger partial charge in [0.1, 0.15) is 0 Å². The van der Waals surface area contributed by atoms with E-state index >= 15 is 0 Å². The number of unbranched alkanes of at least 4 members (excludes halogenated alkanes) is 3. The maximum atomic E-state index is 11.0. The number of aliphatic hydroxyl groups excluding tert-OH is 1. The number of hydrogen-bond acceptors (Lipinski definition) is 3. The summed E-state index contributed by atoms with van der Waals surface area (Å²) in [6.07, 6.45) is 9.19. The number of aliphatic hydroxyl groups is 1. The molecular weight excluding hydrogens is 292 g/mol. The number of ether oxygens (including phenoxy) is 1. The van der Waals surface area contributed by atoms with E-state index in [0.29, 0.717) is 18.4 Å². The van der Waals surface area contributed by atoms with Crippen molar-refractivity contribution in [3.63, 3.8) is 0 Å². The monoisotopic (exact) mass is 330 g/mol. The first-order valence-electron chi connectivity index (χ1n) is 9.13. The molecule has 0 aromatic heterocycles. The van der Waals surface area contributed by atoms with Crippen LogP contribution in [-0.4, -0.2) is 36.0 Å². The van der Waals surface area contributed by atoms with E-state index < -0.39 is 11.4 Å². The number of hydrogen-bond donors (Lipinski definition) is 2. The quantitative estimate of drug-likeness (QED) is 0.429. The van der Waals surface area contributed by atoms with E-state index in [-0.39, 0.29) is 0 Å². The maximum Gasteiger partial charge on any atom is 0.309 e. The molecular formula is C19H38O4. The zero-order chi connectivity index (χ0) is 17.8. The lowest BCUT2D eigenvalue weighted by molar-refractivity contribution is -0.147. The van der Waals surface area contributed by atoms with E-state index in [9.17, 15) is 4.79 Å². The molecule has 0 saturated heterocycles. The van der Waals surface area contributed by atoms with Crippen molar-refractivity contribution in [2.45, 2.75) is 85.5 Å². The van der Waals surface area contributed by atoms with E-state index in [4.69, 9.17) is 14.9 Å². The first kappa shape index (κ1) is 22.4. The molecule has 0 radical (unpaired) electrons. The molecule has 0 atom stereocenters. The minimum absolute atomic E-state index is 0.299. The van der Waals surface area contributed by atoms with E-state index in [1.165, 1.54) is 19.3 Å². The van der Waals surface area contributed by atoms with Crippen LogP contribution in [0.5, 0.6) is 0 Å².